The number of aryl methyl sites for hydroxylation is 1. The van der Waals surface area contributed by atoms with Crippen molar-refractivity contribution in [2.24, 2.45) is 0 Å². The normalized spacial score (nSPS) is 22.1. The van der Waals surface area contributed by atoms with Crippen molar-refractivity contribution in [3.8, 4) is 0 Å². The molecule has 3 rings (SSSR count). The molecule has 0 aliphatic heterocycles. The molecule has 1 N–H and O–H groups in total. The second-order valence-corrected chi connectivity index (χ2v) is 5.83. The first kappa shape index (κ1) is 12.3. The number of nitrogens with one attached hydrogen (secondary N) is 1. The van der Waals surface area contributed by atoms with Gasteiger partial charge in [-0.1, -0.05) is 29.3 Å². The fourth-order valence-electron chi connectivity index (χ4n) is 3.17. The molecule has 0 saturated carbocycles. The Balaban J connectivity index is 1.56. The van der Waals surface area contributed by atoms with Crippen LogP contribution in [-0.4, -0.2) is 6.54 Å². The van der Waals surface area contributed by atoms with Crippen molar-refractivity contribution in [1.82, 2.24) is 5.32 Å². The zero-order chi connectivity index (χ0) is 12.4. The van der Waals surface area contributed by atoms with Crippen LogP contribution in [0, 0.1) is 0 Å². The summed E-state index contributed by atoms with van der Waals surface area (Å²) in [6.07, 6.45) is 9.99. The SMILES string of the molecule is Clc1ccc2c(c1)CCC2NCCC1=CCCC1. The minimum atomic E-state index is 0.541. The molecule has 96 valence electrons. The van der Waals surface area contributed by atoms with Gasteiger partial charge >= 0.3 is 0 Å². The lowest BCUT2D eigenvalue weighted by molar-refractivity contribution is 0.531. The van der Waals surface area contributed by atoms with Crippen LogP contribution in [0.1, 0.15) is 49.3 Å². The molecule has 2 aliphatic rings. The molecular formula is C16H20ClN. The molecule has 0 spiro atoms. The van der Waals surface area contributed by atoms with E-state index in [0.717, 1.165) is 18.0 Å². The molecule has 1 atom stereocenters. The fourth-order valence-corrected chi connectivity index (χ4v) is 3.36. The fraction of sp³-hybridized carbons (Fsp3) is 0.500. The first-order valence-electron chi connectivity index (χ1n) is 7.02. The summed E-state index contributed by atoms with van der Waals surface area (Å²) in [5, 5.41) is 4.57. The van der Waals surface area contributed by atoms with Crippen LogP contribution < -0.4 is 5.32 Å². The van der Waals surface area contributed by atoms with Gasteiger partial charge in [0.2, 0.25) is 0 Å². The van der Waals surface area contributed by atoms with Crippen molar-refractivity contribution >= 4 is 11.6 Å². The van der Waals surface area contributed by atoms with Crippen LogP contribution in [-0.2, 0) is 6.42 Å². The summed E-state index contributed by atoms with van der Waals surface area (Å²) in [6.45, 7) is 1.11. The maximum Gasteiger partial charge on any atom is 0.0408 e. The summed E-state index contributed by atoms with van der Waals surface area (Å²) >= 11 is 6.03. The van der Waals surface area contributed by atoms with Crippen molar-refractivity contribution in [1.29, 1.82) is 0 Å². The van der Waals surface area contributed by atoms with E-state index in [1.54, 1.807) is 5.57 Å². The molecule has 0 saturated heterocycles. The lowest BCUT2D eigenvalue weighted by atomic mass is 10.1. The molecule has 0 fully saturated rings. The second-order valence-electron chi connectivity index (χ2n) is 5.39. The van der Waals surface area contributed by atoms with E-state index in [0.29, 0.717) is 6.04 Å². The van der Waals surface area contributed by atoms with E-state index >= 15 is 0 Å². The van der Waals surface area contributed by atoms with Gasteiger partial charge in [0, 0.05) is 11.1 Å². The van der Waals surface area contributed by atoms with Crippen molar-refractivity contribution < 1.29 is 0 Å². The Morgan fingerprint density at radius 1 is 1.28 bits per heavy atom. The van der Waals surface area contributed by atoms with Crippen LogP contribution in [0.15, 0.2) is 29.8 Å². The lowest BCUT2D eigenvalue weighted by Crippen LogP contribution is -2.20. The summed E-state index contributed by atoms with van der Waals surface area (Å²) in [5.41, 5.74) is 4.54. The second kappa shape index (κ2) is 5.46. The Morgan fingerprint density at radius 3 is 3.06 bits per heavy atom. The predicted octanol–water partition coefficient (Wildman–Crippen LogP) is 4.42. The molecule has 18 heavy (non-hydrogen) atoms. The molecule has 1 nitrogen and oxygen atoms in total. The topological polar surface area (TPSA) is 12.0 Å². The van der Waals surface area contributed by atoms with Gasteiger partial charge in [-0.2, -0.15) is 0 Å². The molecule has 2 heteroatoms. The van der Waals surface area contributed by atoms with E-state index in [4.69, 9.17) is 11.6 Å². The third-order valence-corrected chi connectivity index (χ3v) is 4.39. The number of allylic oxidation sites excluding steroid dienone is 1. The highest BCUT2D eigenvalue weighted by Gasteiger charge is 2.21. The largest absolute Gasteiger partial charge is 0.310 e. The molecule has 1 aromatic rings. The maximum atomic E-state index is 6.03. The summed E-state index contributed by atoms with van der Waals surface area (Å²) in [7, 11) is 0. The molecule has 0 bridgehead atoms. The van der Waals surface area contributed by atoms with Gasteiger partial charge in [-0.15, -0.1) is 0 Å². The smallest absolute Gasteiger partial charge is 0.0408 e. The highest BCUT2D eigenvalue weighted by Crippen LogP contribution is 2.33. The van der Waals surface area contributed by atoms with E-state index < -0.39 is 0 Å². The van der Waals surface area contributed by atoms with E-state index in [1.807, 2.05) is 6.07 Å². The van der Waals surface area contributed by atoms with Gasteiger partial charge < -0.3 is 5.32 Å². The zero-order valence-corrected chi connectivity index (χ0v) is 11.5. The van der Waals surface area contributed by atoms with Crippen LogP contribution in [0.3, 0.4) is 0 Å². The first-order chi connectivity index (χ1) is 8.83. The number of halogens is 1. The highest BCUT2D eigenvalue weighted by atomic mass is 35.5. The number of benzene rings is 1. The number of hydrogen-bond acceptors (Lipinski definition) is 1. The van der Waals surface area contributed by atoms with E-state index in [1.165, 1.54) is 43.2 Å². The van der Waals surface area contributed by atoms with Gasteiger partial charge in [0.25, 0.3) is 0 Å². The quantitative estimate of drug-likeness (QED) is 0.792. The predicted molar refractivity (Wildman–Crippen MR) is 77.1 cm³/mol. The average Bonchev–Trinajstić information content (AvgIpc) is 2.99. The zero-order valence-electron chi connectivity index (χ0n) is 10.7. The lowest BCUT2D eigenvalue weighted by Gasteiger charge is -2.14. The van der Waals surface area contributed by atoms with Gasteiger partial charge in [-0.25, -0.2) is 0 Å². The summed E-state index contributed by atoms with van der Waals surface area (Å²) in [6, 6.07) is 6.87. The Labute approximate surface area is 114 Å². The van der Waals surface area contributed by atoms with Crippen molar-refractivity contribution in [3.05, 3.63) is 46.0 Å². The van der Waals surface area contributed by atoms with Gasteiger partial charge in [-0.3, -0.25) is 0 Å². The van der Waals surface area contributed by atoms with Gasteiger partial charge in [0.05, 0.1) is 0 Å². The molecule has 0 aromatic heterocycles. The Hall–Kier alpha value is -0.790. The van der Waals surface area contributed by atoms with Crippen molar-refractivity contribution in [3.63, 3.8) is 0 Å². The molecule has 0 radical (unpaired) electrons. The Kier molecular flexibility index (Phi) is 3.72. The van der Waals surface area contributed by atoms with Crippen molar-refractivity contribution in [2.75, 3.05) is 6.54 Å². The summed E-state index contributed by atoms with van der Waals surface area (Å²) in [4.78, 5) is 0. The molecule has 1 unspecified atom stereocenters. The van der Waals surface area contributed by atoms with E-state index in [2.05, 4.69) is 23.5 Å². The molecule has 2 aliphatic carbocycles. The standard InChI is InChI=1S/C16H20ClN/c17-14-6-7-15-13(11-14)5-8-16(15)18-10-9-12-3-1-2-4-12/h3,6-7,11,16,18H,1-2,4-5,8-10H2. The third kappa shape index (κ3) is 2.62. The number of rotatable bonds is 4. The first-order valence-corrected chi connectivity index (χ1v) is 7.40. The van der Waals surface area contributed by atoms with Crippen LogP contribution in [0.4, 0.5) is 0 Å². The van der Waals surface area contributed by atoms with Crippen molar-refractivity contribution in [2.45, 2.75) is 44.6 Å². The third-order valence-electron chi connectivity index (χ3n) is 4.15. The number of hydrogen-bond donors (Lipinski definition) is 1. The molecule has 0 heterocycles. The highest BCUT2D eigenvalue weighted by molar-refractivity contribution is 6.30. The van der Waals surface area contributed by atoms with Crippen LogP contribution in [0.2, 0.25) is 5.02 Å². The number of fused-ring (bicyclic) bond motifs is 1. The molecular weight excluding hydrogens is 242 g/mol. The summed E-state index contributed by atoms with van der Waals surface area (Å²) < 4.78 is 0. The summed E-state index contributed by atoms with van der Waals surface area (Å²) in [5.74, 6) is 0. The molecule has 0 amide bonds. The minimum Gasteiger partial charge on any atom is -0.310 e. The van der Waals surface area contributed by atoms with E-state index in [-0.39, 0.29) is 0 Å². The Morgan fingerprint density at radius 2 is 2.22 bits per heavy atom. The van der Waals surface area contributed by atoms with Crippen LogP contribution in [0.5, 0.6) is 0 Å². The van der Waals surface area contributed by atoms with Gasteiger partial charge in [0.15, 0.2) is 0 Å². The van der Waals surface area contributed by atoms with Crippen LogP contribution in [0.25, 0.3) is 0 Å². The Bertz CT molecular complexity index is 464. The molecule has 1 aromatic carbocycles. The minimum absolute atomic E-state index is 0.541. The monoisotopic (exact) mass is 261 g/mol. The maximum absolute atomic E-state index is 6.03. The van der Waals surface area contributed by atoms with Gasteiger partial charge in [0.1, 0.15) is 0 Å². The van der Waals surface area contributed by atoms with E-state index in [9.17, 15) is 0 Å². The average molecular weight is 262 g/mol. The van der Waals surface area contributed by atoms with Gasteiger partial charge in [-0.05, 0) is 68.3 Å². The van der Waals surface area contributed by atoms with Crippen LogP contribution >= 0.6 is 11.6 Å².